The molecule has 1 fully saturated rings. The number of ether oxygens (including phenoxy) is 3. The maximum atomic E-state index is 12.8. The number of rotatable bonds is 9. The van der Waals surface area contributed by atoms with Crippen molar-refractivity contribution in [2.45, 2.75) is 30.9 Å². The molecule has 2 heterocycles. The second-order valence-corrected chi connectivity index (χ2v) is 8.16. The summed E-state index contributed by atoms with van der Waals surface area (Å²) in [7, 11) is 1.20. The van der Waals surface area contributed by atoms with Gasteiger partial charge in [-0.05, 0) is 12.5 Å². The molecule has 1 N–H and O–H groups in total. The molecule has 1 unspecified atom stereocenters. The Morgan fingerprint density at radius 1 is 1.28 bits per heavy atom. The highest BCUT2D eigenvalue weighted by molar-refractivity contribution is 8.03. The van der Waals surface area contributed by atoms with Gasteiger partial charge in [0.15, 0.2) is 0 Å². The molecule has 0 aliphatic carbocycles. The molecule has 10 heteroatoms. The average molecular weight is 461 g/mol. The van der Waals surface area contributed by atoms with Gasteiger partial charge in [0.2, 0.25) is 5.91 Å². The number of amides is 2. The Morgan fingerprint density at radius 2 is 2.00 bits per heavy atom. The third-order valence-corrected chi connectivity index (χ3v) is 6.20. The van der Waals surface area contributed by atoms with Gasteiger partial charge in [0.1, 0.15) is 35.7 Å². The molecule has 2 amide bonds. The molecule has 9 nitrogen and oxygen atoms in total. The first-order valence-electron chi connectivity index (χ1n) is 9.93. The van der Waals surface area contributed by atoms with Crippen LogP contribution in [0.15, 0.2) is 54.1 Å². The third kappa shape index (κ3) is 4.96. The zero-order valence-corrected chi connectivity index (χ0v) is 18.5. The summed E-state index contributed by atoms with van der Waals surface area (Å²) in [6.45, 7) is 5.14. The van der Waals surface area contributed by atoms with Gasteiger partial charge in [0.05, 0.1) is 7.11 Å². The van der Waals surface area contributed by atoms with Crippen molar-refractivity contribution in [2.24, 2.45) is 5.92 Å². The predicted molar refractivity (Wildman–Crippen MR) is 116 cm³/mol. The summed E-state index contributed by atoms with van der Waals surface area (Å²) in [6.07, 6.45) is 0.109. The molecule has 1 aromatic carbocycles. The van der Waals surface area contributed by atoms with E-state index in [4.69, 9.17) is 9.47 Å². The fraction of sp³-hybridized carbons (Fsp3) is 0.364. The van der Waals surface area contributed by atoms with Crippen LogP contribution in [0.5, 0.6) is 0 Å². The molecule has 0 radical (unpaired) electrons. The number of hydrogen-bond acceptors (Lipinski definition) is 8. The van der Waals surface area contributed by atoms with Gasteiger partial charge in [-0.1, -0.05) is 43.0 Å². The van der Waals surface area contributed by atoms with E-state index < -0.39 is 36.1 Å². The minimum Gasteiger partial charge on any atom is -0.460 e. The highest BCUT2D eigenvalue weighted by atomic mass is 32.2. The Balaban J connectivity index is 1.62. The standard InChI is InChI=1S/C22H24N2O7S/c1-4-10-30-21(27)16-12-32-19-17(18(25)24(16)19)13(2)31-20(26)15(23-22(28)29-3)11-14-8-6-5-7-9-14/h4-9,12-13,15,17,19H,1,10-11H2,2-3H3,(H,23,28)/t13?,15-,17+,19+/m1/s1. The SMILES string of the molecule is C=CCOC(=O)C1=CS[C@H]2[C@@H](C(C)OC(=O)[C@@H](Cc3ccccc3)NC(=O)OC)C(=O)N12. The van der Waals surface area contributed by atoms with Crippen LogP contribution in [0.25, 0.3) is 0 Å². The van der Waals surface area contributed by atoms with Gasteiger partial charge in [-0.15, -0.1) is 11.8 Å². The summed E-state index contributed by atoms with van der Waals surface area (Å²) in [5.74, 6) is -2.25. The lowest BCUT2D eigenvalue weighted by Gasteiger charge is -2.44. The van der Waals surface area contributed by atoms with E-state index in [9.17, 15) is 19.2 Å². The van der Waals surface area contributed by atoms with Crippen LogP contribution in [-0.2, 0) is 35.0 Å². The monoisotopic (exact) mass is 460 g/mol. The molecule has 2 aliphatic heterocycles. The number of carbonyl (C=O) groups is 4. The number of nitrogens with zero attached hydrogens (tertiary/aromatic N) is 1. The molecule has 3 rings (SSSR count). The molecular formula is C22H24N2O7S. The van der Waals surface area contributed by atoms with E-state index in [0.29, 0.717) is 0 Å². The zero-order chi connectivity index (χ0) is 23.3. The van der Waals surface area contributed by atoms with Crippen molar-refractivity contribution >= 4 is 35.7 Å². The predicted octanol–water partition coefficient (Wildman–Crippen LogP) is 1.99. The highest BCUT2D eigenvalue weighted by Crippen LogP contribution is 2.46. The van der Waals surface area contributed by atoms with Crippen molar-refractivity contribution in [1.82, 2.24) is 10.2 Å². The number of fused-ring (bicyclic) bond motifs is 1. The van der Waals surface area contributed by atoms with Gasteiger partial charge in [-0.3, -0.25) is 9.69 Å². The Kier molecular flexibility index (Phi) is 7.57. The lowest BCUT2D eigenvalue weighted by atomic mass is 9.92. The molecule has 1 aromatic rings. The Morgan fingerprint density at radius 3 is 2.66 bits per heavy atom. The summed E-state index contributed by atoms with van der Waals surface area (Å²) < 4.78 is 15.2. The average Bonchev–Trinajstić information content (AvgIpc) is 3.16. The molecular weight excluding hydrogens is 436 g/mol. The second kappa shape index (κ2) is 10.4. The summed E-state index contributed by atoms with van der Waals surface area (Å²) >= 11 is 1.29. The molecule has 4 atom stereocenters. The van der Waals surface area contributed by atoms with Crippen LogP contribution in [-0.4, -0.2) is 60.1 Å². The van der Waals surface area contributed by atoms with E-state index >= 15 is 0 Å². The molecule has 32 heavy (non-hydrogen) atoms. The number of methoxy groups -OCH3 is 1. The van der Waals surface area contributed by atoms with Crippen LogP contribution in [0.3, 0.4) is 0 Å². The minimum absolute atomic E-state index is 0.0426. The first-order valence-corrected chi connectivity index (χ1v) is 10.9. The summed E-state index contributed by atoms with van der Waals surface area (Å²) in [6, 6.07) is 8.14. The summed E-state index contributed by atoms with van der Waals surface area (Å²) in [5, 5.41) is 3.68. The van der Waals surface area contributed by atoms with E-state index in [-0.39, 0.29) is 30.0 Å². The van der Waals surface area contributed by atoms with Crippen molar-refractivity contribution in [1.29, 1.82) is 0 Å². The number of hydrogen-bond donors (Lipinski definition) is 1. The van der Waals surface area contributed by atoms with E-state index in [0.717, 1.165) is 5.56 Å². The minimum atomic E-state index is -0.989. The molecule has 0 bridgehead atoms. The van der Waals surface area contributed by atoms with Crippen LogP contribution >= 0.6 is 11.8 Å². The van der Waals surface area contributed by atoms with Crippen molar-refractivity contribution in [3.63, 3.8) is 0 Å². The number of alkyl carbamates (subject to hydrolysis) is 1. The smallest absolute Gasteiger partial charge is 0.407 e. The number of β-lactam (4-membered cyclic amide) rings is 1. The number of esters is 2. The maximum Gasteiger partial charge on any atom is 0.407 e. The van der Waals surface area contributed by atoms with Crippen LogP contribution in [0.1, 0.15) is 12.5 Å². The number of carbonyl (C=O) groups excluding carboxylic acids is 4. The quantitative estimate of drug-likeness (QED) is 0.258. The van der Waals surface area contributed by atoms with Crippen LogP contribution in [0.4, 0.5) is 4.79 Å². The number of benzene rings is 1. The van der Waals surface area contributed by atoms with E-state index in [1.165, 1.54) is 29.8 Å². The second-order valence-electron chi connectivity index (χ2n) is 7.17. The van der Waals surface area contributed by atoms with Gasteiger partial charge < -0.3 is 19.5 Å². The van der Waals surface area contributed by atoms with E-state index in [1.54, 1.807) is 12.3 Å². The fourth-order valence-electron chi connectivity index (χ4n) is 3.45. The van der Waals surface area contributed by atoms with Gasteiger partial charge in [-0.25, -0.2) is 14.4 Å². The molecule has 0 saturated carbocycles. The van der Waals surface area contributed by atoms with E-state index in [2.05, 4.69) is 16.6 Å². The molecule has 1 saturated heterocycles. The fourth-order valence-corrected chi connectivity index (χ4v) is 4.77. The summed E-state index contributed by atoms with van der Waals surface area (Å²) in [4.78, 5) is 50.7. The normalized spacial score (nSPS) is 20.8. The molecule has 2 aliphatic rings. The van der Waals surface area contributed by atoms with Crippen molar-refractivity contribution in [3.05, 3.63) is 59.7 Å². The van der Waals surface area contributed by atoms with Gasteiger partial charge >= 0.3 is 18.0 Å². The Labute approximate surface area is 189 Å². The Hall–Kier alpha value is -3.27. The first-order chi connectivity index (χ1) is 15.4. The first kappa shape index (κ1) is 23.4. The van der Waals surface area contributed by atoms with Crippen LogP contribution in [0, 0.1) is 5.92 Å². The summed E-state index contributed by atoms with van der Waals surface area (Å²) in [5.41, 5.74) is 0.985. The highest BCUT2D eigenvalue weighted by Gasteiger charge is 2.57. The van der Waals surface area contributed by atoms with Crippen LogP contribution < -0.4 is 5.32 Å². The van der Waals surface area contributed by atoms with Crippen LogP contribution in [0.2, 0.25) is 0 Å². The topological polar surface area (TPSA) is 111 Å². The third-order valence-electron chi connectivity index (χ3n) is 5.06. The lowest BCUT2D eigenvalue weighted by molar-refractivity contribution is -0.168. The lowest BCUT2D eigenvalue weighted by Crippen LogP contribution is -2.61. The molecule has 0 spiro atoms. The zero-order valence-electron chi connectivity index (χ0n) is 17.7. The molecule has 170 valence electrons. The van der Waals surface area contributed by atoms with Crippen molar-refractivity contribution in [2.75, 3.05) is 13.7 Å². The number of thioether (sulfide) groups is 1. The largest absolute Gasteiger partial charge is 0.460 e. The van der Waals surface area contributed by atoms with Crippen molar-refractivity contribution in [3.8, 4) is 0 Å². The molecule has 0 aromatic heterocycles. The number of nitrogens with one attached hydrogen (secondary N) is 1. The van der Waals surface area contributed by atoms with Gasteiger partial charge in [-0.2, -0.15) is 0 Å². The maximum absolute atomic E-state index is 12.8. The Bertz CT molecular complexity index is 933. The van der Waals surface area contributed by atoms with Crippen molar-refractivity contribution < 1.29 is 33.4 Å². The van der Waals surface area contributed by atoms with E-state index in [1.807, 2.05) is 30.3 Å². The van der Waals surface area contributed by atoms with Gasteiger partial charge in [0, 0.05) is 11.8 Å². The van der Waals surface area contributed by atoms with Gasteiger partial charge in [0.25, 0.3) is 0 Å².